The van der Waals surface area contributed by atoms with Crippen molar-refractivity contribution in [2.75, 3.05) is 0 Å². The Morgan fingerprint density at radius 1 is 0.778 bits per heavy atom. The van der Waals surface area contributed by atoms with E-state index in [-0.39, 0.29) is 0 Å². The number of hydrogen-bond acceptors (Lipinski definition) is 4. The van der Waals surface area contributed by atoms with Gasteiger partial charge < -0.3 is 5.21 Å². The van der Waals surface area contributed by atoms with Gasteiger partial charge in [0.1, 0.15) is 11.3 Å². The Bertz CT molecular complexity index is 919. The van der Waals surface area contributed by atoms with Crippen LogP contribution in [0.3, 0.4) is 0 Å². The number of nitrogens with zero attached hydrogens (tertiary/aromatic N) is 2. The third-order valence-electron chi connectivity index (χ3n) is 3.22. The van der Waals surface area contributed by atoms with Crippen LogP contribution < -0.4 is 0 Å². The zero-order valence-corrected chi connectivity index (χ0v) is 13.0. The van der Waals surface area contributed by atoms with Crippen LogP contribution in [-0.4, -0.2) is 28.8 Å². The van der Waals surface area contributed by atoms with Crippen LogP contribution in [0.15, 0.2) is 53.6 Å². The summed E-state index contributed by atoms with van der Waals surface area (Å²) in [5, 5.41) is 15.4. The highest BCUT2D eigenvalue weighted by molar-refractivity contribution is 6.04. The Balaban J connectivity index is 2.56. The van der Waals surface area contributed by atoms with Crippen LogP contribution in [0.4, 0.5) is 37.7 Å². The summed E-state index contributed by atoms with van der Waals surface area (Å²) in [7, 11) is 0. The molecule has 27 heavy (non-hydrogen) atoms. The van der Waals surface area contributed by atoms with E-state index in [1.54, 1.807) is 0 Å². The minimum atomic E-state index is -5.28. The van der Waals surface area contributed by atoms with E-state index in [4.69, 9.17) is 0 Å². The Kier molecular flexibility index (Phi) is 5.33. The number of alkyl halides is 6. The molecule has 0 spiro atoms. The molecule has 0 aliphatic heterocycles. The molecule has 0 amide bonds. The number of para-hydroxylation sites is 1. The number of halogens is 6. The van der Waals surface area contributed by atoms with Crippen LogP contribution in [0.25, 0.3) is 0 Å². The average Bonchev–Trinajstić information content (AvgIpc) is 2.59. The monoisotopic (exact) mass is 390 g/mol. The molecule has 0 saturated carbocycles. The summed E-state index contributed by atoms with van der Waals surface area (Å²) in [5.74, 6) is -4.61. The minimum absolute atomic E-state index is 0.443. The molecule has 0 aliphatic rings. The zero-order valence-electron chi connectivity index (χ0n) is 13.0. The summed E-state index contributed by atoms with van der Waals surface area (Å²) in [6, 6.07) is 7.68. The summed E-state index contributed by atoms with van der Waals surface area (Å²) >= 11 is 0. The summed E-state index contributed by atoms with van der Waals surface area (Å²) in [6.45, 7) is 0. The number of hydrogen-bond donors (Lipinski definition) is 0. The molecule has 0 saturated heterocycles. The van der Waals surface area contributed by atoms with Gasteiger partial charge in [-0.05, 0) is 23.1 Å². The number of benzene rings is 2. The fraction of sp³-hybridized carbons (Fsp3) is 0.125. The molecule has 2 rings (SSSR count). The van der Waals surface area contributed by atoms with Gasteiger partial charge >= 0.3 is 12.4 Å². The largest absolute Gasteiger partial charge is 0.594 e. The normalized spacial score (nSPS) is 12.7. The third-order valence-corrected chi connectivity index (χ3v) is 3.22. The van der Waals surface area contributed by atoms with Crippen LogP contribution in [0, 0.1) is 5.21 Å². The quantitative estimate of drug-likeness (QED) is 0.240. The molecule has 0 bridgehead atoms. The molecule has 0 atom stereocenters. The lowest BCUT2D eigenvalue weighted by molar-refractivity contribution is -0.435. The predicted octanol–water partition coefficient (Wildman–Crippen LogP) is 5.10. The van der Waals surface area contributed by atoms with Gasteiger partial charge in [-0.15, -0.1) is 0 Å². The topological polar surface area (TPSA) is 72.6 Å². The molecular formula is C16H8F6N2O3. The maximum absolute atomic E-state index is 12.6. The molecule has 2 aromatic rings. The first kappa shape index (κ1) is 20.1. The Labute approximate surface area is 147 Å². The first-order valence-electron chi connectivity index (χ1n) is 7.03. The van der Waals surface area contributed by atoms with Gasteiger partial charge in [0.05, 0.1) is 5.56 Å². The SMILES string of the molecule is O=C(c1ccccc1N=[N+]([O-])c1ccccc1C(=O)C(F)(F)F)C(F)(F)F. The van der Waals surface area contributed by atoms with Gasteiger partial charge in [0.2, 0.25) is 0 Å². The van der Waals surface area contributed by atoms with E-state index in [9.17, 15) is 41.1 Å². The minimum Gasteiger partial charge on any atom is -0.594 e. The maximum Gasteiger partial charge on any atom is 0.455 e. The smallest absolute Gasteiger partial charge is 0.455 e. The number of carbonyl (C=O) groups excluding carboxylic acids is 2. The van der Waals surface area contributed by atoms with Gasteiger partial charge in [-0.3, -0.25) is 9.59 Å². The van der Waals surface area contributed by atoms with Crippen LogP contribution >= 0.6 is 0 Å². The molecule has 0 aliphatic carbocycles. The molecule has 0 aromatic heterocycles. The second-order valence-electron chi connectivity index (χ2n) is 5.06. The third kappa shape index (κ3) is 4.49. The van der Waals surface area contributed by atoms with E-state index in [0.29, 0.717) is 0 Å². The Morgan fingerprint density at radius 3 is 1.78 bits per heavy atom. The van der Waals surface area contributed by atoms with Crippen molar-refractivity contribution in [3.8, 4) is 0 Å². The second kappa shape index (κ2) is 7.17. The van der Waals surface area contributed by atoms with Crippen LogP contribution in [0.5, 0.6) is 0 Å². The maximum atomic E-state index is 12.6. The second-order valence-corrected chi connectivity index (χ2v) is 5.06. The van der Waals surface area contributed by atoms with Crippen LogP contribution in [-0.2, 0) is 0 Å². The number of carbonyl (C=O) groups is 2. The predicted molar refractivity (Wildman–Crippen MR) is 79.0 cm³/mol. The van der Waals surface area contributed by atoms with E-state index in [1.807, 2.05) is 0 Å². The lowest BCUT2D eigenvalue weighted by atomic mass is 10.1. The van der Waals surface area contributed by atoms with Crippen molar-refractivity contribution in [1.82, 2.24) is 0 Å². The molecule has 0 unspecified atom stereocenters. The van der Waals surface area contributed by atoms with Gasteiger partial charge in [-0.1, -0.05) is 24.3 Å². The summed E-state index contributed by atoms with van der Waals surface area (Å²) in [5.41, 5.74) is -3.56. The highest BCUT2D eigenvalue weighted by Gasteiger charge is 2.43. The van der Waals surface area contributed by atoms with Crippen molar-refractivity contribution in [3.63, 3.8) is 0 Å². The average molecular weight is 390 g/mol. The lowest BCUT2D eigenvalue weighted by Gasteiger charge is -2.09. The molecule has 0 heterocycles. The van der Waals surface area contributed by atoms with Crippen molar-refractivity contribution in [2.24, 2.45) is 5.11 Å². The first-order valence-corrected chi connectivity index (χ1v) is 7.03. The lowest BCUT2D eigenvalue weighted by Crippen LogP contribution is -2.23. The van der Waals surface area contributed by atoms with Crippen molar-refractivity contribution < 1.29 is 40.8 Å². The fourth-order valence-electron chi connectivity index (χ4n) is 2.04. The van der Waals surface area contributed by atoms with E-state index < -0.39 is 51.3 Å². The van der Waals surface area contributed by atoms with Gasteiger partial charge in [-0.25, -0.2) is 0 Å². The molecule has 0 N–H and O–H groups in total. The van der Waals surface area contributed by atoms with Crippen molar-refractivity contribution in [2.45, 2.75) is 12.4 Å². The molecule has 142 valence electrons. The molecule has 0 fully saturated rings. The first-order chi connectivity index (χ1) is 12.4. The summed E-state index contributed by atoms with van der Waals surface area (Å²) in [4.78, 5) is 22.4. The van der Waals surface area contributed by atoms with Crippen molar-refractivity contribution in [3.05, 3.63) is 64.9 Å². The van der Waals surface area contributed by atoms with Gasteiger partial charge in [0.25, 0.3) is 17.3 Å². The Morgan fingerprint density at radius 2 is 1.22 bits per heavy atom. The van der Waals surface area contributed by atoms with Gasteiger partial charge in [0.15, 0.2) is 0 Å². The van der Waals surface area contributed by atoms with E-state index >= 15 is 0 Å². The van der Waals surface area contributed by atoms with Crippen LogP contribution in [0.2, 0.25) is 0 Å². The summed E-state index contributed by atoms with van der Waals surface area (Å²) in [6.07, 6.45) is -10.5. The number of azo groups is 1. The number of rotatable bonds is 4. The van der Waals surface area contributed by atoms with Gasteiger partial charge in [0, 0.05) is 11.2 Å². The molecule has 5 nitrogen and oxygen atoms in total. The van der Waals surface area contributed by atoms with E-state index in [1.165, 1.54) is 6.07 Å². The Hall–Kier alpha value is -3.24. The zero-order chi connectivity index (χ0) is 20.4. The highest BCUT2D eigenvalue weighted by atomic mass is 19.4. The number of ketones is 2. The van der Waals surface area contributed by atoms with Crippen LogP contribution in [0.1, 0.15) is 20.7 Å². The number of Topliss-reactive ketones (excluding diaryl/α,β-unsaturated/α-hetero) is 2. The highest BCUT2D eigenvalue weighted by Crippen LogP contribution is 2.31. The fourth-order valence-corrected chi connectivity index (χ4v) is 2.04. The van der Waals surface area contributed by atoms with Crippen molar-refractivity contribution >= 4 is 22.9 Å². The van der Waals surface area contributed by atoms with E-state index in [2.05, 4.69) is 5.11 Å². The van der Waals surface area contributed by atoms with E-state index in [0.717, 1.165) is 42.5 Å². The van der Waals surface area contributed by atoms with Gasteiger partial charge in [-0.2, -0.15) is 26.3 Å². The van der Waals surface area contributed by atoms with Crippen molar-refractivity contribution in [1.29, 1.82) is 0 Å². The molecule has 11 heteroatoms. The summed E-state index contributed by atoms with van der Waals surface area (Å²) < 4.78 is 75.8. The molecular weight excluding hydrogens is 382 g/mol. The molecule has 2 aromatic carbocycles. The molecule has 0 radical (unpaired) electrons. The standard InChI is InChI=1S/C16H8F6N2O3/c17-15(18,19)13(25)9-5-1-3-7-11(9)23-24(27)12-8-4-2-6-10(12)14(26)16(20,21)22/h1-8H.